The minimum atomic E-state index is 0.528. The van der Waals surface area contributed by atoms with Gasteiger partial charge in [0.2, 0.25) is 5.95 Å². The first-order valence-corrected chi connectivity index (χ1v) is 13.8. The van der Waals surface area contributed by atoms with Gasteiger partial charge in [0, 0.05) is 33.5 Å². The largest absolute Gasteiger partial charge is 0.454 e. The Kier molecular flexibility index (Phi) is 4.80. The lowest BCUT2D eigenvalue weighted by Gasteiger charge is -2.11. The van der Waals surface area contributed by atoms with Gasteiger partial charge in [0.25, 0.3) is 0 Å². The fourth-order valence-electron chi connectivity index (χ4n) is 5.91. The molecule has 42 heavy (non-hydrogen) atoms. The molecular weight excluding hydrogens is 518 g/mol. The first kappa shape index (κ1) is 22.9. The Morgan fingerprint density at radius 3 is 1.93 bits per heavy atom. The highest BCUT2D eigenvalue weighted by Gasteiger charge is 2.18. The van der Waals surface area contributed by atoms with Crippen molar-refractivity contribution >= 4 is 54.6 Å². The maximum atomic E-state index is 6.16. The van der Waals surface area contributed by atoms with E-state index >= 15 is 0 Å². The summed E-state index contributed by atoms with van der Waals surface area (Å²) in [5.41, 5.74) is 6.05. The van der Waals surface area contributed by atoms with Gasteiger partial charge in [-0.25, -0.2) is 4.98 Å². The second kappa shape index (κ2) is 8.81. The molecule has 9 aromatic rings. The zero-order valence-corrected chi connectivity index (χ0v) is 22.3. The average molecular weight is 540 g/mol. The molecule has 0 bridgehead atoms. The predicted octanol–water partition coefficient (Wildman–Crippen LogP) is 8.75. The van der Waals surface area contributed by atoms with Crippen LogP contribution in [0.1, 0.15) is 0 Å². The molecule has 9 rings (SSSR count). The van der Waals surface area contributed by atoms with E-state index in [0.29, 0.717) is 23.2 Å². The Bertz CT molecular complexity index is 2440. The normalized spacial score (nSPS) is 11.8. The number of benzene rings is 5. The standard InChI is InChI=1S/C36H21N5O/c1-2-10-23-19-24(18-17-22(23)9-1)34-38-35(25-20-32-33(37-21-25)28-13-5-8-16-31(28)42-32)40-36(39-34)41-29-14-6-3-11-26(29)27-12-4-7-15-30(27)41/h1-21H. The van der Waals surface area contributed by atoms with Gasteiger partial charge < -0.3 is 4.42 Å². The van der Waals surface area contributed by atoms with Gasteiger partial charge in [0.1, 0.15) is 11.1 Å². The Hall–Kier alpha value is -5.88. The lowest BCUT2D eigenvalue weighted by atomic mass is 10.1. The summed E-state index contributed by atoms with van der Waals surface area (Å²) in [4.78, 5) is 19.9. The van der Waals surface area contributed by atoms with Crippen molar-refractivity contribution in [2.45, 2.75) is 0 Å². The molecule has 0 atom stereocenters. The summed E-state index contributed by atoms with van der Waals surface area (Å²) >= 11 is 0. The van der Waals surface area contributed by atoms with Crippen molar-refractivity contribution in [1.29, 1.82) is 0 Å². The Morgan fingerprint density at radius 2 is 1.14 bits per heavy atom. The molecule has 6 nitrogen and oxygen atoms in total. The van der Waals surface area contributed by atoms with E-state index in [9.17, 15) is 0 Å². The van der Waals surface area contributed by atoms with Gasteiger partial charge in [0.15, 0.2) is 17.2 Å². The molecule has 4 heterocycles. The summed E-state index contributed by atoms with van der Waals surface area (Å²) in [7, 11) is 0. The van der Waals surface area contributed by atoms with Gasteiger partial charge in [-0.15, -0.1) is 0 Å². The molecule has 0 saturated carbocycles. The van der Waals surface area contributed by atoms with Crippen LogP contribution >= 0.6 is 0 Å². The molecular formula is C36H21N5O. The second-order valence-corrected chi connectivity index (χ2v) is 10.4. The number of hydrogen-bond acceptors (Lipinski definition) is 5. The van der Waals surface area contributed by atoms with Crippen LogP contribution in [0.2, 0.25) is 0 Å². The maximum Gasteiger partial charge on any atom is 0.238 e. The zero-order valence-electron chi connectivity index (χ0n) is 22.3. The van der Waals surface area contributed by atoms with Gasteiger partial charge in [-0.1, -0.05) is 84.9 Å². The smallest absolute Gasteiger partial charge is 0.238 e. The zero-order chi connectivity index (χ0) is 27.6. The number of furan rings is 1. The second-order valence-electron chi connectivity index (χ2n) is 10.4. The van der Waals surface area contributed by atoms with Crippen LogP contribution in [0.25, 0.3) is 83.4 Å². The van der Waals surface area contributed by atoms with Crippen LogP contribution < -0.4 is 0 Å². The minimum absolute atomic E-state index is 0.528. The molecule has 5 aromatic carbocycles. The van der Waals surface area contributed by atoms with E-state index in [0.717, 1.165) is 60.2 Å². The Labute approximate surface area is 239 Å². The summed E-state index contributed by atoms with van der Waals surface area (Å²) in [6, 6.07) is 41.2. The van der Waals surface area contributed by atoms with E-state index in [4.69, 9.17) is 24.4 Å². The number of rotatable bonds is 3. The third-order valence-electron chi connectivity index (χ3n) is 7.88. The van der Waals surface area contributed by atoms with Crippen LogP contribution in [-0.2, 0) is 0 Å². The van der Waals surface area contributed by atoms with E-state index in [-0.39, 0.29) is 0 Å². The van der Waals surface area contributed by atoms with E-state index in [1.165, 1.54) is 0 Å². The molecule has 196 valence electrons. The van der Waals surface area contributed by atoms with Crippen LogP contribution in [0.15, 0.2) is 132 Å². The lowest BCUT2D eigenvalue weighted by molar-refractivity contribution is 0.668. The molecule has 0 radical (unpaired) electrons. The van der Waals surface area contributed by atoms with Crippen molar-refractivity contribution in [3.8, 4) is 28.7 Å². The first-order valence-electron chi connectivity index (χ1n) is 13.8. The predicted molar refractivity (Wildman–Crippen MR) is 168 cm³/mol. The van der Waals surface area contributed by atoms with Crippen molar-refractivity contribution in [3.63, 3.8) is 0 Å². The third kappa shape index (κ3) is 3.45. The summed E-state index contributed by atoms with van der Waals surface area (Å²) < 4.78 is 8.28. The van der Waals surface area contributed by atoms with Gasteiger partial charge in [0.05, 0.1) is 11.0 Å². The summed E-state index contributed by atoms with van der Waals surface area (Å²) in [5.74, 6) is 1.66. The summed E-state index contributed by atoms with van der Waals surface area (Å²) in [6.45, 7) is 0. The molecule has 4 aromatic heterocycles. The molecule has 0 unspecified atom stereocenters. The molecule has 0 N–H and O–H groups in total. The van der Waals surface area contributed by atoms with Crippen molar-refractivity contribution in [1.82, 2.24) is 24.5 Å². The molecule has 0 saturated heterocycles. The van der Waals surface area contributed by atoms with Crippen LogP contribution in [-0.4, -0.2) is 24.5 Å². The quantitative estimate of drug-likeness (QED) is 0.224. The van der Waals surface area contributed by atoms with Gasteiger partial charge >= 0.3 is 0 Å². The highest BCUT2D eigenvalue weighted by atomic mass is 16.3. The number of nitrogens with zero attached hydrogens (tertiary/aromatic N) is 5. The first-order chi connectivity index (χ1) is 20.8. The Balaban J connectivity index is 1.33. The summed E-state index contributed by atoms with van der Waals surface area (Å²) in [5, 5.41) is 5.57. The molecule has 0 aliphatic carbocycles. The van der Waals surface area contributed by atoms with E-state index in [1.807, 2.05) is 60.8 Å². The molecule has 0 fully saturated rings. The minimum Gasteiger partial charge on any atom is -0.454 e. The van der Waals surface area contributed by atoms with Gasteiger partial charge in [-0.2, -0.15) is 9.97 Å². The van der Waals surface area contributed by atoms with E-state index in [2.05, 4.69) is 71.3 Å². The van der Waals surface area contributed by atoms with Crippen molar-refractivity contribution in [2.75, 3.05) is 0 Å². The SMILES string of the molecule is c1ccc2cc(-c3nc(-c4cnc5c(c4)oc4ccccc45)nc(-n4c5ccccc5c5ccccc54)n3)ccc2c1. The maximum absolute atomic E-state index is 6.16. The van der Waals surface area contributed by atoms with Crippen molar-refractivity contribution in [2.24, 2.45) is 0 Å². The molecule has 0 amide bonds. The van der Waals surface area contributed by atoms with Crippen molar-refractivity contribution in [3.05, 3.63) is 128 Å². The highest BCUT2D eigenvalue weighted by molar-refractivity contribution is 6.09. The number of hydrogen-bond donors (Lipinski definition) is 0. The number of fused-ring (bicyclic) bond motifs is 7. The van der Waals surface area contributed by atoms with Crippen LogP contribution in [0.3, 0.4) is 0 Å². The van der Waals surface area contributed by atoms with Crippen molar-refractivity contribution < 1.29 is 4.42 Å². The average Bonchev–Trinajstić information content (AvgIpc) is 3.60. The fraction of sp³-hybridized carbons (Fsp3) is 0. The topological polar surface area (TPSA) is 69.6 Å². The molecule has 0 aliphatic heterocycles. The molecule has 0 spiro atoms. The van der Waals surface area contributed by atoms with Crippen LogP contribution in [0, 0.1) is 0 Å². The Morgan fingerprint density at radius 1 is 0.500 bits per heavy atom. The molecule has 6 heteroatoms. The fourth-order valence-corrected chi connectivity index (χ4v) is 5.91. The van der Waals surface area contributed by atoms with Gasteiger partial charge in [-0.05, 0) is 47.2 Å². The lowest BCUT2D eigenvalue weighted by Crippen LogP contribution is -2.06. The van der Waals surface area contributed by atoms with E-state index in [1.54, 1.807) is 0 Å². The third-order valence-corrected chi connectivity index (χ3v) is 7.88. The monoisotopic (exact) mass is 539 g/mol. The number of para-hydroxylation sites is 3. The van der Waals surface area contributed by atoms with E-state index < -0.39 is 0 Å². The number of aromatic nitrogens is 5. The highest BCUT2D eigenvalue weighted by Crippen LogP contribution is 2.34. The van der Waals surface area contributed by atoms with Gasteiger partial charge in [-0.3, -0.25) is 9.55 Å². The summed E-state index contributed by atoms with van der Waals surface area (Å²) in [6.07, 6.45) is 1.82. The van der Waals surface area contributed by atoms with Crippen LogP contribution in [0.5, 0.6) is 0 Å². The number of pyridine rings is 1. The van der Waals surface area contributed by atoms with Crippen LogP contribution in [0.4, 0.5) is 0 Å². The molecule has 0 aliphatic rings.